The van der Waals surface area contributed by atoms with Crippen LogP contribution in [0, 0.1) is 0 Å². The van der Waals surface area contributed by atoms with Crippen LogP contribution in [0.2, 0.25) is 0 Å². The lowest BCUT2D eigenvalue weighted by Crippen LogP contribution is -2.39. The van der Waals surface area contributed by atoms with Gasteiger partial charge in [0.2, 0.25) is 0 Å². The molecule has 8 nitrogen and oxygen atoms in total. The number of hydrogen-bond acceptors (Lipinski definition) is 5. The molecular formula is C24H36N6O2. The van der Waals surface area contributed by atoms with Gasteiger partial charge in [-0.1, -0.05) is 44.4 Å². The lowest BCUT2D eigenvalue weighted by Gasteiger charge is -2.21. The summed E-state index contributed by atoms with van der Waals surface area (Å²) in [4.78, 5) is 31.3. The van der Waals surface area contributed by atoms with Gasteiger partial charge in [0.25, 0.3) is 5.91 Å². The van der Waals surface area contributed by atoms with Crippen LogP contribution >= 0.6 is 0 Å². The molecule has 0 spiro atoms. The molecule has 0 aliphatic rings. The Labute approximate surface area is 191 Å². The molecule has 1 heterocycles. The number of carbonyl (C=O) groups is 2. The molecule has 3 amide bonds. The second kappa shape index (κ2) is 13.3. The summed E-state index contributed by atoms with van der Waals surface area (Å²) in [6, 6.07) is 10.2. The minimum atomic E-state index is -0.336. The van der Waals surface area contributed by atoms with Crippen LogP contribution in [-0.2, 0) is 0 Å². The molecule has 0 radical (unpaired) electrons. The highest BCUT2D eigenvalue weighted by Crippen LogP contribution is 2.19. The van der Waals surface area contributed by atoms with Crippen LogP contribution in [0.4, 0.5) is 16.2 Å². The number of benzene rings is 1. The van der Waals surface area contributed by atoms with E-state index in [2.05, 4.69) is 32.8 Å². The molecule has 0 saturated heterocycles. The number of nitrogens with one attached hydrogen (secondary N) is 3. The van der Waals surface area contributed by atoms with Crippen LogP contribution in [0.3, 0.4) is 0 Å². The molecule has 5 N–H and O–H groups in total. The summed E-state index contributed by atoms with van der Waals surface area (Å²) < 4.78 is 0. The van der Waals surface area contributed by atoms with E-state index in [-0.39, 0.29) is 23.7 Å². The van der Waals surface area contributed by atoms with Gasteiger partial charge in [-0.25, -0.2) is 4.79 Å². The van der Waals surface area contributed by atoms with Crippen molar-refractivity contribution in [2.45, 2.75) is 45.1 Å². The van der Waals surface area contributed by atoms with E-state index in [9.17, 15) is 9.59 Å². The lowest BCUT2D eigenvalue weighted by molar-refractivity contribution is 0.102. The van der Waals surface area contributed by atoms with Gasteiger partial charge in [-0.2, -0.15) is 0 Å². The average molecular weight is 441 g/mol. The summed E-state index contributed by atoms with van der Waals surface area (Å²) in [7, 11) is 3.98. The van der Waals surface area contributed by atoms with Crippen LogP contribution in [0.1, 0.15) is 61.1 Å². The third kappa shape index (κ3) is 8.55. The zero-order valence-electron chi connectivity index (χ0n) is 19.4. The summed E-state index contributed by atoms with van der Waals surface area (Å²) in [5.74, 6) is -0.336. The standard InChI is InChI=1S/C24H36N6O2/c1-4-5-6-9-15-26-24(32)29-20(14-16-30(2)3)18-12-13-22(27-17-18)23(31)28-21-11-8-7-10-19(21)25/h7-8,10-13,17,20H,4-6,9,14-16,25H2,1-3H3,(H,28,31)(H2,26,29,32). The van der Waals surface area contributed by atoms with Gasteiger partial charge in [0, 0.05) is 12.7 Å². The van der Waals surface area contributed by atoms with E-state index < -0.39 is 0 Å². The molecule has 0 aliphatic carbocycles. The molecule has 2 aromatic rings. The number of hydrogen-bond donors (Lipinski definition) is 4. The van der Waals surface area contributed by atoms with Crippen molar-refractivity contribution >= 4 is 23.3 Å². The van der Waals surface area contributed by atoms with E-state index in [0.29, 0.717) is 17.9 Å². The highest BCUT2D eigenvalue weighted by molar-refractivity contribution is 6.04. The molecule has 2 rings (SSSR count). The second-order valence-electron chi connectivity index (χ2n) is 8.12. The Morgan fingerprint density at radius 2 is 1.88 bits per heavy atom. The minimum absolute atomic E-state index is 0.188. The quantitative estimate of drug-likeness (QED) is 0.296. The summed E-state index contributed by atoms with van der Waals surface area (Å²) in [5.41, 5.74) is 8.06. The third-order valence-corrected chi connectivity index (χ3v) is 5.12. The number of amides is 3. The smallest absolute Gasteiger partial charge is 0.315 e. The van der Waals surface area contributed by atoms with Crippen molar-refractivity contribution in [3.8, 4) is 0 Å². The Balaban J connectivity index is 2.00. The Morgan fingerprint density at radius 1 is 1.09 bits per heavy atom. The first kappa shape index (κ1) is 25.1. The lowest BCUT2D eigenvalue weighted by atomic mass is 10.1. The van der Waals surface area contributed by atoms with Gasteiger partial charge in [0.15, 0.2) is 0 Å². The van der Waals surface area contributed by atoms with Crippen molar-refractivity contribution in [3.05, 3.63) is 53.9 Å². The zero-order valence-corrected chi connectivity index (χ0v) is 19.4. The minimum Gasteiger partial charge on any atom is -0.397 e. The Kier molecular flexibility index (Phi) is 10.5. The van der Waals surface area contributed by atoms with Gasteiger partial charge in [-0.3, -0.25) is 9.78 Å². The molecule has 1 aromatic carbocycles. The fourth-order valence-electron chi connectivity index (χ4n) is 3.22. The third-order valence-electron chi connectivity index (χ3n) is 5.12. The highest BCUT2D eigenvalue weighted by atomic mass is 16.2. The Bertz CT molecular complexity index is 854. The maximum absolute atomic E-state index is 12.5. The molecule has 0 aliphatic heterocycles. The number of para-hydroxylation sites is 2. The molecule has 0 saturated carbocycles. The Hall–Kier alpha value is -3.13. The van der Waals surface area contributed by atoms with Crippen molar-refractivity contribution in [3.63, 3.8) is 0 Å². The number of nitrogens with zero attached hydrogens (tertiary/aromatic N) is 2. The van der Waals surface area contributed by atoms with Crippen molar-refractivity contribution in [1.29, 1.82) is 0 Å². The van der Waals surface area contributed by atoms with E-state index in [0.717, 1.165) is 31.4 Å². The molecule has 0 bridgehead atoms. The molecule has 0 fully saturated rings. The van der Waals surface area contributed by atoms with Crippen LogP contribution in [0.25, 0.3) is 0 Å². The van der Waals surface area contributed by atoms with Gasteiger partial charge >= 0.3 is 6.03 Å². The summed E-state index contributed by atoms with van der Waals surface area (Å²) >= 11 is 0. The van der Waals surface area contributed by atoms with Crippen molar-refractivity contribution < 1.29 is 9.59 Å². The van der Waals surface area contributed by atoms with E-state index in [1.54, 1.807) is 36.5 Å². The monoisotopic (exact) mass is 440 g/mol. The topological polar surface area (TPSA) is 112 Å². The van der Waals surface area contributed by atoms with Gasteiger partial charge < -0.3 is 26.6 Å². The maximum atomic E-state index is 12.5. The number of aromatic nitrogens is 1. The number of nitrogen functional groups attached to an aromatic ring is 1. The van der Waals surface area contributed by atoms with Crippen molar-refractivity contribution in [2.24, 2.45) is 0 Å². The van der Waals surface area contributed by atoms with Gasteiger partial charge in [0.05, 0.1) is 17.4 Å². The first-order valence-electron chi connectivity index (χ1n) is 11.2. The largest absolute Gasteiger partial charge is 0.397 e. The molecule has 1 unspecified atom stereocenters. The Morgan fingerprint density at radius 3 is 2.53 bits per heavy atom. The van der Waals surface area contributed by atoms with Gasteiger partial charge in [0.1, 0.15) is 5.69 Å². The van der Waals surface area contributed by atoms with E-state index >= 15 is 0 Å². The average Bonchev–Trinajstić information content (AvgIpc) is 2.78. The predicted octanol–water partition coefficient (Wildman–Crippen LogP) is 3.79. The second-order valence-corrected chi connectivity index (χ2v) is 8.12. The fourth-order valence-corrected chi connectivity index (χ4v) is 3.22. The molecule has 1 aromatic heterocycles. The van der Waals surface area contributed by atoms with Gasteiger partial charge in [-0.05, 0) is 57.2 Å². The summed E-state index contributed by atoms with van der Waals surface area (Å²) in [6.07, 6.45) is 6.80. The molecular weight excluding hydrogens is 404 g/mol. The van der Waals surface area contributed by atoms with E-state index in [4.69, 9.17) is 5.73 Å². The van der Waals surface area contributed by atoms with E-state index in [1.165, 1.54) is 12.8 Å². The summed E-state index contributed by atoms with van der Waals surface area (Å²) in [5, 5.41) is 8.75. The summed E-state index contributed by atoms with van der Waals surface area (Å²) in [6.45, 7) is 3.62. The number of rotatable bonds is 12. The molecule has 1 atom stereocenters. The van der Waals surface area contributed by atoms with Gasteiger partial charge in [-0.15, -0.1) is 0 Å². The van der Waals surface area contributed by atoms with Crippen molar-refractivity contribution in [2.75, 3.05) is 38.2 Å². The molecule has 174 valence electrons. The van der Waals surface area contributed by atoms with E-state index in [1.807, 2.05) is 20.2 Å². The van der Waals surface area contributed by atoms with Crippen LogP contribution in [0.5, 0.6) is 0 Å². The highest BCUT2D eigenvalue weighted by Gasteiger charge is 2.17. The number of nitrogens with two attached hydrogens (primary N) is 1. The van der Waals surface area contributed by atoms with Crippen LogP contribution < -0.4 is 21.7 Å². The first-order valence-corrected chi connectivity index (χ1v) is 11.2. The molecule has 8 heteroatoms. The number of carbonyl (C=O) groups excluding carboxylic acids is 2. The predicted molar refractivity (Wildman–Crippen MR) is 130 cm³/mol. The first-order chi connectivity index (χ1) is 15.4. The van der Waals surface area contributed by atoms with Crippen LogP contribution in [0.15, 0.2) is 42.6 Å². The van der Waals surface area contributed by atoms with Crippen molar-refractivity contribution in [1.82, 2.24) is 20.5 Å². The SMILES string of the molecule is CCCCCCNC(=O)NC(CCN(C)C)c1ccc(C(=O)Nc2ccccc2N)nc1. The fraction of sp³-hybridized carbons (Fsp3) is 0.458. The number of anilines is 2. The van der Waals surface area contributed by atoms with Crippen LogP contribution in [-0.4, -0.2) is 49.0 Å². The maximum Gasteiger partial charge on any atom is 0.315 e. The number of unbranched alkanes of at least 4 members (excludes halogenated alkanes) is 3. The zero-order chi connectivity index (χ0) is 23.3. The normalized spacial score (nSPS) is 11.8. The number of pyridine rings is 1. The number of urea groups is 1. The molecule has 32 heavy (non-hydrogen) atoms.